The van der Waals surface area contributed by atoms with Crippen LogP contribution in [0.2, 0.25) is 0 Å². The minimum Gasteiger partial charge on any atom is -0.373 e. The molecule has 1 N–H and O–H groups in total. The quantitative estimate of drug-likeness (QED) is 0.585. The van der Waals surface area contributed by atoms with Crippen molar-refractivity contribution in [2.75, 3.05) is 5.88 Å². The molecule has 0 aromatic carbocycles. The first-order valence-corrected chi connectivity index (χ1v) is 13.9. The largest absolute Gasteiger partial charge is 0.373 e. The normalized spacial score (nSPS) is 41.3. The fraction of sp³-hybridized carbons (Fsp3) is 1.00. The molecule has 4 unspecified atom stereocenters. The van der Waals surface area contributed by atoms with Gasteiger partial charge in [0.1, 0.15) is 0 Å². The van der Waals surface area contributed by atoms with Crippen LogP contribution in [0.15, 0.2) is 0 Å². The van der Waals surface area contributed by atoms with E-state index in [-0.39, 0.29) is 29.3 Å². The lowest BCUT2D eigenvalue weighted by atomic mass is 9.69. The Labute approximate surface area is 182 Å². The van der Waals surface area contributed by atoms with Gasteiger partial charge in [0.05, 0.1) is 0 Å². The van der Waals surface area contributed by atoms with Crippen LogP contribution >= 0.6 is 11.6 Å². The van der Waals surface area contributed by atoms with Crippen LogP contribution in [0.5, 0.6) is 0 Å². The van der Waals surface area contributed by atoms with Gasteiger partial charge in [-0.1, -0.05) is 59.3 Å². The first-order chi connectivity index (χ1) is 13.6. The highest BCUT2D eigenvalue weighted by molar-refractivity contribution is 7.90. The number of sulfonamides is 1. The topological polar surface area (TPSA) is 57.6 Å². The molecule has 0 radical (unpaired) electrons. The number of halogens is 1. The molecule has 0 spiro atoms. The minimum atomic E-state index is -3.92. The summed E-state index contributed by atoms with van der Waals surface area (Å²) < 4.78 is 30.9. The van der Waals surface area contributed by atoms with E-state index >= 15 is 0 Å². The highest BCUT2D eigenvalue weighted by Gasteiger charge is 2.78. The van der Waals surface area contributed by atoms with E-state index in [1.165, 1.54) is 12.8 Å². The summed E-state index contributed by atoms with van der Waals surface area (Å²) in [4.78, 5) is -1.76. The second-order valence-electron chi connectivity index (χ2n) is 11.1. The van der Waals surface area contributed by atoms with Crippen molar-refractivity contribution in [3.63, 3.8) is 0 Å². The Hall–Kier alpha value is 0.160. The summed E-state index contributed by atoms with van der Waals surface area (Å²) in [7, 11) is -3.92. The molecule has 2 bridgehead atoms. The number of nitrogens with zero attached hydrogens (tertiary/aromatic N) is 1. The highest BCUT2D eigenvalue weighted by Crippen LogP contribution is 2.73. The molecule has 4 fully saturated rings. The van der Waals surface area contributed by atoms with Gasteiger partial charge in [-0.2, -0.15) is 4.31 Å². The zero-order valence-corrected chi connectivity index (χ0v) is 20.1. The van der Waals surface area contributed by atoms with Gasteiger partial charge in [-0.3, -0.25) is 0 Å². The van der Waals surface area contributed by atoms with Crippen molar-refractivity contribution in [2.24, 2.45) is 22.7 Å². The highest BCUT2D eigenvalue weighted by atomic mass is 35.5. The molecule has 29 heavy (non-hydrogen) atoms. The molecule has 4 saturated carbocycles. The van der Waals surface area contributed by atoms with E-state index in [0.29, 0.717) is 0 Å². The lowest BCUT2D eigenvalue weighted by Crippen LogP contribution is -2.64. The molecule has 0 aromatic heterocycles. The molecule has 4 rings (SSSR count). The Balaban J connectivity index is 1.81. The monoisotopic (exact) mass is 445 g/mol. The molecule has 4 nitrogen and oxygen atoms in total. The maximum absolute atomic E-state index is 14.5. The van der Waals surface area contributed by atoms with E-state index in [1.807, 2.05) is 11.2 Å². The van der Waals surface area contributed by atoms with Gasteiger partial charge in [-0.25, -0.2) is 8.42 Å². The second-order valence-corrected chi connectivity index (χ2v) is 13.4. The van der Waals surface area contributed by atoms with Crippen molar-refractivity contribution < 1.29 is 13.5 Å². The van der Waals surface area contributed by atoms with Crippen LogP contribution in [0.3, 0.4) is 0 Å². The Morgan fingerprint density at radius 1 is 0.897 bits per heavy atom. The third-order valence-electron chi connectivity index (χ3n) is 9.79. The lowest BCUT2D eigenvalue weighted by molar-refractivity contribution is -0.0519. The summed E-state index contributed by atoms with van der Waals surface area (Å²) in [6, 6.07) is 0.0883. The molecule has 6 heteroatoms. The molecule has 0 aromatic rings. The van der Waals surface area contributed by atoms with Crippen molar-refractivity contribution in [1.82, 2.24) is 4.31 Å². The molecule has 0 saturated heterocycles. The second kappa shape index (κ2) is 7.64. The Morgan fingerprint density at radius 3 is 1.83 bits per heavy atom. The number of hydrogen-bond donors (Lipinski definition) is 1. The van der Waals surface area contributed by atoms with Crippen LogP contribution in [0.25, 0.3) is 0 Å². The smallest absolute Gasteiger partial charge is 0.245 e. The predicted molar refractivity (Wildman–Crippen MR) is 118 cm³/mol. The van der Waals surface area contributed by atoms with Crippen molar-refractivity contribution in [3.05, 3.63) is 0 Å². The van der Waals surface area contributed by atoms with E-state index in [0.717, 1.165) is 64.2 Å². The average molecular weight is 446 g/mol. The van der Waals surface area contributed by atoms with Crippen LogP contribution in [0, 0.1) is 22.7 Å². The molecule has 4 atom stereocenters. The molecule has 168 valence electrons. The molecule has 0 heterocycles. The van der Waals surface area contributed by atoms with Gasteiger partial charge in [0.25, 0.3) is 0 Å². The molecule has 0 amide bonds. The maximum atomic E-state index is 14.5. The Bertz CT molecular complexity index is 696. The number of aliphatic hydroxyl groups is 1. The summed E-state index contributed by atoms with van der Waals surface area (Å²) >= 11 is 6.41. The van der Waals surface area contributed by atoms with Gasteiger partial charge in [0.15, 0.2) is 4.93 Å². The maximum Gasteiger partial charge on any atom is 0.245 e. The average Bonchev–Trinajstić information content (AvgIpc) is 3.01. The molecule has 4 aliphatic rings. The SMILES string of the molecule is CC1(C)C2CCC1(C)C(O)(S(=O)(=O)N(C1CCCCC1)C1CCCCC1)C2CCl. The van der Waals surface area contributed by atoms with E-state index < -0.39 is 26.3 Å². The first kappa shape index (κ1) is 22.4. The summed E-state index contributed by atoms with van der Waals surface area (Å²) in [5, 5.41) is 12.3. The van der Waals surface area contributed by atoms with Crippen molar-refractivity contribution >= 4 is 21.6 Å². The van der Waals surface area contributed by atoms with Gasteiger partial charge in [0, 0.05) is 29.3 Å². The summed E-state index contributed by atoms with van der Waals surface area (Å²) in [6.45, 7) is 6.34. The number of hydrogen-bond acceptors (Lipinski definition) is 3. The number of rotatable bonds is 5. The molecule has 0 aliphatic heterocycles. The standard InChI is InChI=1S/C23H40ClNO3S/c1-21(2)19-14-15-22(21,3)23(26,20(19)16-24)29(27,28)25(17-10-6-4-7-11-17)18-12-8-5-9-13-18/h17-20,26H,4-16H2,1-3H3. The Morgan fingerprint density at radius 2 is 1.38 bits per heavy atom. The van der Waals surface area contributed by atoms with Gasteiger partial charge in [-0.05, 0) is 49.9 Å². The zero-order valence-electron chi connectivity index (χ0n) is 18.5. The predicted octanol–water partition coefficient (Wildman–Crippen LogP) is 5.28. The Kier molecular flexibility index (Phi) is 5.89. The van der Waals surface area contributed by atoms with E-state index in [1.54, 1.807) is 0 Å². The van der Waals surface area contributed by atoms with Gasteiger partial charge in [0.2, 0.25) is 10.0 Å². The number of alkyl halides is 1. The minimum absolute atomic E-state index is 0.0442. The van der Waals surface area contributed by atoms with Crippen molar-refractivity contribution in [3.8, 4) is 0 Å². The zero-order chi connectivity index (χ0) is 21.1. The van der Waals surface area contributed by atoms with E-state index in [4.69, 9.17) is 11.6 Å². The van der Waals surface area contributed by atoms with Crippen molar-refractivity contribution in [1.29, 1.82) is 0 Å². The summed E-state index contributed by atoms with van der Waals surface area (Å²) in [5.41, 5.74) is -0.899. The lowest BCUT2D eigenvalue weighted by Gasteiger charge is -2.51. The molecule has 4 aliphatic carbocycles. The van der Waals surface area contributed by atoms with Gasteiger partial charge < -0.3 is 5.11 Å². The molecular weight excluding hydrogens is 406 g/mol. The fourth-order valence-corrected chi connectivity index (χ4v) is 11.4. The summed E-state index contributed by atoms with van der Waals surface area (Å²) in [6.07, 6.45) is 12.2. The third-order valence-corrected chi connectivity index (χ3v) is 12.8. The molecular formula is C23H40ClNO3S. The van der Waals surface area contributed by atoms with Gasteiger partial charge in [-0.15, -0.1) is 11.6 Å². The first-order valence-electron chi connectivity index (χ1n) is 11.9. The van der Waals surface area contributed by atoms with Crippen LogP contribution in [0.1, 0.15) is 97.8 Å². The third kappa shape index (κ3) is 2.93. The van der Waals surface area contributed by atoms with Gasteiger partial charge >= 0.3 is 0 Å². The van der Waals surface area contributed by atoms with Crippen LogP contribution in [-0.4, -0.2) is 40.7 Å². The van der Waals surface area contributed by atoms with Crippen LogP contribution < -0.4 is 0 Å². The summed E-state index contributed by atoms with van der Waals surface area (Å²) in [5.74, 6) is -0.0234. The van der Waals surface area contributed by atoms with E-state index in [9.17, 15) is 13.5 Å². The fourth-order valence-electron chi connectivity index (χ4n) is 7.77. The number of fused-ring (bicyclic) bond motifs is 2. The van der Waals surface area contributed by atoms with Crippen LogP contribution in [0.4, 0.5) is 0 Å². The van der Waals surface area contributed by atoms with Crippen LogP contribution in [-0.2, 0) is 10.0 Å². The van der Waals surface area contributed by atoms with E-state index in [2.05, 4.69) is 13.8 Å². The van der Waals surface area contributed by atoms with Crippen molar-refractivity contribution in [2.45, 2.75) is 115 Å².